The monoisotopic (exact) mass is 394 g/mol. The van der Waals surface area contributed by atoms with Crippen LogP contribution in [0, 0.1) is 6.92 Å². The smallest absolute Gasteiger partial charge is 0.264 e. The summed E-state index contributed by atoms with van der Waals surface area (Å²) in [5.74, 6) is 0.871. The molecule has 1 aliphatic rings. The summed E-state index contributed by atoms with van der Waals surface area (Å²) in [5.41, 5.74) is 3.72. The van der Waals surface area contributed by atoms with Crippen LogP contribution >= 0.6 is 11.3 Å². The van der Waals surface area contributed by atoms with E-state index in [1.807, 2.05) is 27.8 Å². The highest BCUT2D eigenvalue weighted by Gasteiger charge is 2.25. The fourth-order valence-corrected chi connectivity index (χ4v) is 4.98. The van der Waals surface area contributed by atoms with Gasteiger partial charge in [-0.25, -0.2) is 9.97 Å². The third-order valence-electron chi connectivity index (χ3n) is 5.70. The second-order valence-corrected chi connectivity index (χ2v) is 8.76. The molecule has 0 bridgehead atoms. The van der Waals surface area contributed by atoms with Crippen molar-refractivity contribution in [3.8, 4) is 0 Å². The van der Waals surface area contributed by atoms with Gasteiger partial charge in [0, 0.05) is 13.1 Å². The Labute approximate surface area is 169 Å². The molecule has 0 radical (unpaired) electrons. The maximum Gasteiger partial charge on any atom is 0.264 e. The van der Waals surface area contributed by atoms with E-state index in [2.05, 4.69) is 39.6 Å². The van der Waals surface area contributed by atoms with Gasteiger partial charge in [0.15, 0.2) is 0 Å². The summed E-state index contributed by atoms with van der Waals surface area (Å²) in [6.07, 6.45) is 4.96. The first kappa shape index (κ1) is 18.9. The molecule has 1 aromatic carbocycles. The number of hydrogen-bond acceptors (Lipinski definition) is 5. The van der Waals surface area contributed by atoms with Crippen LogP contribution in [-0.4, -0.2) is 33.9 Å². The van der Waals surface area contributed by atoms with E-state index in [1.165, 1.54) is 22.5 Å². The molecule has 5 nitrogen and oxygen atoms in total. The summed E-state index contributed by atoms with van der Waals surface area (Å²) in [6.45, 7) is 6.05. The Morgan fingerprint density at radius 3 is 2.86 bits per heavy atom. The number of nitrogens with zero attached hydrogens (tertiary/aromatic N) is 3. The third-order valence-corrected chi connectivity index (χ3v) is 6.88. The zero-order chi connectivity index (χ0) is 19.8. The average Bonchev–Trinajstić information content (AvgIpc) is 3.04. The molecule has 28 heavy (non-hydrogen) atoms. The quantitative estimate of drug-likeness (QED) is 0.679. The summed E-state index contributed by atoms with van der Waals surface area (Å²) >= 11 is 1.46. The van der Waals surface area contributed by atoms with Gasteiger partial charge in [0.25, 0.3) is 5.91 Å². The molecule has 0 fully saturated rings. The molecule has 0 aliphatic heterocycles. The molecule has 2 heterocycles. The second kappa shape index (κ2) is 7.51. The number of aryl methyl sites for hydroxylation is 2. The van der Waals surface area contributed by atoms with Crippen LogP contribution < -0.4 is 5.32 Å². The second-order valence-electron chi connectivity index (χ2n) is 7.76. The Morgan fingerprint density at radius 1 is 1.29 bits per heavy atom. The number of hydrogen-bond donors (Lipinski definition) is 1. The number of rotatable bonds is 4. The predicted molar refractivity (Wildman–Crippen MR) is 115 cm³/mol. The van der Waals surface area contributed by atoms with Gasteiger partial charge in [0.05, 0.1) is 16.3 Å². The molecule has 4 rings (SSSR count). The Bertz CT molecular complexity index is 1030. The molecule has 0 saturated carbocycles. The lowest BCUT2D eigenvalue weighted by molar-refractivity contribution is 0.0759. The molecule has 1 N–H and O–H groups in total. The highest BCUT2D eigenvalue weighted by Crippen LogP contribution is 2.37. The van der Waals surface area contributed by atoms with E-state index in [1.54, 1.807) is 11.2 Å². The molecule has 6 heteroatoms. The van der Waals surface area contributed by atoms with Crippen LogP contribution in [0.1, 0.15) is 59.1 Å². The summed E-state index contributed by atoms with van der Waals surface area (Å²) < 4.78 is 0. The Kier molecular flexibility index (Phi) is 5.06. The Hall–Kier alpha value is -2.47. The van der Waals surface area contributed by atoms with Crippen molar-refractivity contribution in [2.24, 2.45) is 0 Å². The number of carbonyl (C=O) groups is 1. The number of nitrogens with one attached hydrogen (secondary N) is 1. The lowest BCUT2D eigenvalue weighted by atomic mass is 9.87. The van der Waals surface area contributed by atoms with Crippen LogP contribution in [0.5, 0.6) is 0 Å². The molecule has 3 aromatic rings. The van der Waals surface area contributed by atoms with Crippen molar-refractivity contribution in [3.63, 3.8) is 0 Å². The van der Waals surface area contributed by atoms with Crippen LogP contribution in [0.15, 0.2) is 30.6 Å². The van der Waals surface area contributed by atoms with Crippen molar-refractivity contribution in [1.82, 2.24) is 14.9 Å². The van der Waals surface area contributed by atoms with Gasteiger partial charge in [-0.3, -0.25) is 4.79 Å². The standard InChI is InChI=1S/C22H26N4OS/c1-13(2)26(4)22(27)19-14(3)18-20(23-12-24-21(18)28-19)25-17-11-7-9-15-8-5-6-10-16(15)17/h5-6,8,10,12-13,17H,7,9,11H2,1-4H3,(H,23,24,25)/t17-/m0/s1. The number of fused-ring (bicyclic) bond motifs is 2. The predicted octanol–water partition coefficient (Wildman–Crippen LogP) is 4.97. The Balaban J connectivity index is 1.73. The molecular weight excluding hydrogens is 368 g/mol. The number of amides is 1. The normalized spacial score (nSPS) is 16.2. The molecule has 2 aromatic heterocycles. The van der Waals surface area contributed by atoms with Gasteiger partial charge in [0.1, 0.15) is 17.0 Å². The first-order valence-corrected chi connectivity index (χ1v) is 10.6. The SMILES string of the molecule is Cc1c(C(=O)N(C)C(C)C)sc2ncnc(N[C@H]3CCCc4ccccc43)c12. The zero-order valence-corrected chi connectivity index (χ0v) is 17.6. The number of anilines is 1. The summed E-state index contributed by atoms with van der Waals surface area (Å²) in [6, 6.07) is 9.02. The van der Waals surface area contributed by atoms with Gasteiger partial charge < -0.3 is 10.2 Å². The van der Waals surface area contributed by atoms with Crippen LogP contribution in [0.2, 0.25) is 0 Å². The molecule has 0 unspecified atom stereocenters. The lowest BCUT2D eigenvalue weighted by Gasteiger charge is -2.27. The first-order chi connectivity index (χ1) is 13.5. The van der Waals surface area contributed by atoms with Crippen LogP contribution in [0.25, 0.3) is 10.2 Å². The van der Waals surface area contributed by atoms with E-state index < -0.39 is 0 Å². The highest BCUT2D eigenvalue weighted by atomic mass is 32.1. The third kappa shape index (κ3) is 3.26. The first-order valence-electron chi connectivity index (χ1n) is 9.83. The fraction of sp³-hybridized carbons (Fsp3) is 0.409. The van der Waals surface area contributed by atoms with Crippen LogP contribution in [0.4, 0.5) is 5.82 Å². The molecule has 0 saturated heterocycles. The van der Waals surface area contributed by atoms with Crippen LogP contribution in [-0.2, 0) is 6.42 Å². The topological polar surface area (TPSA) is 58.1 Å². The summed E-state index contributed by atoms with van der Waals surface area (Å²) in [7, 11) is 1.85. The minimum atomic E-state index is 0.0458. The molecule has 1 amide bonds. The fourth-order valence-electron chi connectivity index (χ4n) is 3.85. The zero-order valence-electron chi connectivity index (χ0n) is 16.8. The van der Waals surface area contributed by atoms with Crippen LogP contribution in [0.3, 0.4) is 0 Å². The minimum absolute atomic E-state index is 0.0458. The van der Waals surface area contributed by atoms with Crippen molar-refractivity contribution in [2.45, 2.75) is 52.1 Å². The van der Waals surface area contributed by atoms with Crippen molar-refractivity contribution in [3.05, 3.63) is 52.2 Å². The maximum atomic E-state index is 12.9. The van der Waals surface area contributed by atoms with E-state index in [-0.39, 0.29) is 18.0 Å². The number of carbonyl (C=O) groups excluding carboxylic acids is 1. The summed E-state index contributed by atoms with van der Waals surface area (Å²) in [4.78, 5) is 25.3. The van der Waals surface area contributed by atoms with Gasteiger partial charge in [0.2, 0.25) is 0 Å². The van der Waals surface area contributed by atoms with E-state index in [0.29, 0.717) is 0 Å². The molecule has 1 atom stereocenters. The molecular formula is C22H26N4OS. The van der Waals surface area contributed by atoms with E-state index in [0.717, 1.165) is 45.7 Å². The van der Waals surface area contributed by atoms with Gasteiger partial charge in [-0.1, -0.05) is 24.3 Å². The van der Waals surface area contributed by atoms with Gasteiger partial charge in [-0.2, -0.15) is 0 Å². The van der Waals surface area contributed by atoms with Gasteiger partial charge >= 0.3 is 0 Å². The number of aromatic nitrogens is 2. The van der Waals surface area contributed by atoms with Crippen molar-refractivity contribution < 1.29 is 4.79 Å². The van der Waals surface area contributed by atoms with E-state index >= 15 is 0 Å². The van der Waals surface area contributed by atoms with E-state index in [4.69, 9.17) is 0 Å². The molecule has 1 aliphatic carbocycles. The maximum absolute atomic E-state index is 12.9. The molecule has 146 valence electrons. The highest BCUT2D eigenvalue weighted by molar-refractivity contribution is 7.20. The number of benzene rings is 1. The van der Waals surface area contributed by atoms with Gasteiger partial charge in [-0.15, -0.1) is 11.3 Å². The average molecular weight is 395 g/mol. The lowest BCUT2D eigenvalue weighted by Crippen LogP contribution is -2.32. The summed E-state index contributed by atoms with van der Waals surface area (Å²) in [5, 5.41) is 4.62. The van der Waals surface area contributed by atoms with Crippen molar-refractivity contribution in [2.75, 3.05) is 12.4 Å². The minimum Gasteiger partial charge on any atom is -0.363 e. The van der Waals surface area contributed by atoms with E-state index in [9.17, 15) is 4.79 Å². The van der Waals surface area contributed by atoms with Gasteiger partial charge in [-0.05, 0) is 56.7 Å². The largest absolute Gasteiger partial charge is 0.363 e. The van der Waals surface area contributed by atoms with Crippen molar-refractivity contribution >= 4 is 33.3 Å². The Morgan fingerprint density at radius 2 is 2.07 bits per heavy atom. The van der Waals surface area contributed by atoms with Crippen molar-refractivity contribution in [1.29, 1.82) is 0 Å². The number of thiophene rings is 1. The molecule has 0 spiro atoms.